The predicted molar refractivity (Wildman–Crippen MR) is 107 cm³/mol. The molecule has 6 heteroatoms. The molecule has 0 saturated carbocycles. The molecule has 5 nitrogen and oxygen atoms in total. The molecular formula is C20H29NO4S. The molecule has 0 atom stereocenters. The summed E-state index contributed by atoms with van der Waals surface area (Å²) in [7, 11) is 0. The van der Waals surface area contributed by atoms with Crippen LogP contribution in [0.4, 0.5) is 0 Å². The van der Waals surface area contributed by atoms with Crippen molar-refractivity contribution in [2.75, 3.05) is 0 Å². The average molecular weight is 380 g/mol. The summed E-state index contributed by atoms with van der Waals surface area (Å²) in [6, 6.07) is 0. The topological polar surface area (TPSA) is 76.5 Å². The molecule has 1 aromatic heterocycles. The van der Waals surface area contributed by atoms with E-state index in [2.05, 4.69) is 18.8 Å². The summed E-state index contributed by atoms with van der Waals surface area (Å²) in [5.74, 6) is -1.21. The summed E-state index contributed by atoms with van der Waals surface area (Å²) >= 11 is 1.34. The minimum atomic E-state index is -0.988. The minimum absolute atomic E-state index is 0.0987. The fourth-order valence-corrected chi connectivity index (χ4v) is 2.46. The van der Waals surface area contributed by atoms with Crippen molar-refractivity contribution in [3.8, 4) is 0 Å². The van der Waals surface area contributed by atoms with Crippen LogP contribution in [0.3, 0.4) is 0 Å². The SMILES string of the molecule is CC(=O)OC(C)(C)C.C\C=C/C(=C\C=C(/C)CC)c1nc(C(=O)O)cs1. The van der Waals surface area contributed by atoms with Gasteiger partial charge in [-0.3, -0.25) is 4.79 Å². The number of hydrogen-bond acceptors (Lipinski definition) is 5. The number of carboxylic acids is 1. The number of nitrogens with zero attached hydrogens (tertiary/aromatic N) is 1. The number of allylic oxidation sites excluding steroid dienone is 6. The van der Waals surface area contributed by atoms with Crippen LogP contribution in [-0.2, 0) is 9.53 Å². The Kier molecular flexibility index (Phi) is 10.4. The van der Waals surface area contributed by atoms with Crippen molar-refractivity contribution >= 4 is 28.8 Å². The van der Waals surface area contributed by atoms with Crippen molar-refractivity contribution in [2.45, 2.75) is 60.5 Å². The number of carbonyl (C=O) groups is 2. The van der Waals surface area contributed by atoms with Crippen LogP contribution in [0.25, 0.3) is 5.57 Å². The Morgan fingerprint density at radius 2 is 1.88 bits per heavy atom. The first kappa shape index (κ1) is 23.8. The highest BCUT2D eigenvalue weighted by Gasteiger charge is 2.12. The molecule has 0 unspecified atom stereocenters. The number of carbonyl (C=O) groups excluding carboxylic acids is 1. The molecule has 0 saturated heterocycles. The highest BCUT2D eigenvalue weighted by molar-refractivity contribution is 7.11. The van der Waals surface area contributed by atoms with Crippen molar-refractivity contribution in [1.82, 2.24) is 4.98 Å². The van der Waals surface area contributed by atoms with Crippen LogP contribution in [0.15, 0.2) is 35.3 Å². The standard InChI is InChI=1S/C14H17NO2S.C6H12O2/c1-4-6-11(8-7-10(3)5-2)13-15-12(9-18-13)14(16)17;1-5(7)8-6(2,3)4/h4,6-9H,5H2,1-3H3,(H,16,17);1-4H3/b6-4-,10-7+,11-8+;. The molecule has 0 spiro atoms. The fraction of sp³-hybridized carbons (Fsp3) is 0.450. The van der Waals surface area contributed by atoms with Gasteiger partial charge in [0.25, 0.3) is 0 Å². The van der Waals surface area contributed by atoms with E-state index >= 15 is 0 Å². The molecule has 0 bridgehead atoms. The van der Waals surface area contributed by atoms with Crippen molar-refractivity contribution in [3.05, 3.63) is 46.0 Å². The Balaban J connectivity index is 0.000000660. The van der Waals surface area contributed by atoms with Gasteiger partial charge in [-0.25, -0.2) is 9.78 Å². The van der Waals surface area contributed by atoms with E-state index in [-0.39, 0.29) is 17.3 Å². The van der Waals surface area contributed by atoms with Gasteiger partial charge in [-0.05, 0) is 41.0 Å². The first-order valence-corrected chi connectivity index (χ1v) is 9.27. The molecule has 1 aromatic rings. The maximum Gasteiger partial charge on any atom is 0.355 e. The van der Waals surface area contributed by atoms with Gasteiger partial charge in [-0.15, -0.1) is 11.3 Å². The van der Waals surface area contributed by atoms with E-state index < -0.39 is 5.97 Å². The van der Waals surface area contributed by atoms with E-state index in [1.54, 1.807) is 5.38 Å². The number of aromatic carboxylic acids is 1. The second-order valence-electron chi connectivity index (χ2n) is 6.54. The van der Waals surface area contributed by atoms with Gasteiger partial charge in [0.1, 0.15) is 10.6 Å². The summed E-state index contributed by atoms with van der Waals surface area (Å²) < 4.78 is 4.80. The molecule has 0 aromatic carbocycles. The molecule has 1 rings (SSSR count). The Bertz CT molecular complexity index is 691. The van der Waals surface area contributed by atoms with Gasteiger partial charge in [0, 0.05) is 17.9 Å². The second-order valence-corrected chi connectivity index (χ2v) is 7.40. The first-order valence-electron chi connectivity index (χ1n) is 8.39. The Hall–Kier alpha value is -2.21. The lowest BCUT2D eigenvalue weighted by Crippen LogP contribution is -2.21. The average Bonchev–Trinajstić information content (AvgIpc) is 2.99. The fourth-order valence-electron chi connectivity index (χ4n) is 1.66. The zero-order chi connectivity index (χ0) is 20.3. The van der Waals surface area contributed by atoms with Gasteiger partial charge in [0.05, 0.1) is 0 Å². The van der Waals surface area contributed by atoms with Gasteiger partial charge in [-0.1, -0.05) is 36.8 Å². The lowest BCUT2D eigenvalue weighted by molar-refractivity contribution is -0.151. The summed E-state index contributed by atoms with van der Waals surface area (Å²) in [6.45, 7) is 13.0. The highest BCUT2D eigenvalue weighted by atomic mass is 32.1. The van der Waals surface area contributed by atoms with Crippen LogP contribution in [-0.4, -0.2) is 27.6 Å². The van der Waals surface area contributed by atoms with E-state index in [9.17, 15) is 9.59 Å². The zero-order valence-electron chi connectivity index (χ0n) is 16.6. The second kappa shape index (κ2) is 11.4. The smallest absolute Gasteiger partial charge is 0.355 e. The van der Waals surface area contributed by atoms with E-state index in [0.29, 0.717) is 0 Å². The number of rotatable bonds is 5. The lowest BCUT2D eigenvalue weighted by Gasteiger charge is -2.17. The number of esters is 1. The molecule has 144 valence electrons. The summed E-state index contributed by atoms with van der Waals surface area (Å²) in [4.78, 5) is 25.1. The van der Waals surface area contributed by atoms with Crippen LogP contribution < -0.4 is 0 Å². The minimum Gasteiger partial charge on any atom is -0.476 e. The normalized spacial score (nSPS) is 12.6. The number of thiazole rings is 1. The van der Waals surface area contributed by atoms with Gasteiger partial charge in [0.2, 0.25) is 0 Å². The third-order valence-corrected chi connectivity index (χ3v) is 3.76. The maximum atomic E-state index is 10.8. The number of ether oxygens (including phenoxy) is 1. The lowest BCUT2D eigenvalue weighted by atomic mass is 10.1. The third-order valence-electron chi connectivity index (χ3n) is 2.87. The maximum absolute atomic E-state index is 10.8. The van der Waals surface area contributed by atoms with Crippen LogP contribution in [0.5, 0.6) is 0 Å². The van der Waals surface area contributed by atoms with Gasteiger partial charge in [-0.2, -0.15) is 0 Å². The predicted octanol–water partition coefficient (Wildman–Crippen LogP) is 5.51. The van der Waals surface area contributed by atoms with Crippen LogP contribution in [0, 0.1) is 0 Å². The monoisotopic (exact) mass is 379 g/mol. The third kappa shape index (κ3) is 10.6. The molecule has 26 heavy (non-hydrogen) atoms. The first-order chi connectivity index (χ1) is 12.0. The molecule has 0 fully saturated rings. The highest BCUT2D eigenvalue weighted by Crippen LogP contribution is 2.21. The molecule has 1 N–H and O–H groups in total. The molecule has 0 aliphatic rings. The molecule has 1 heterocycles. The molecule has 0 radical (unpaired) electrons. The van der Waals surface area contributed by atoms with Gasteiger partial charge < -0.3 is 9.84 Å². The molecule has 0 aliphatic heterocycles. The molecule has 0 amide bonds. The largest absolute Gasteiger partial charge is 0.476 e. The zero-order valence-corrected chi connectivity index (χ0v) is 17.4. The quantitative estimate of drug-likeness (QED) is 0.539. The van der Waals surface area contributed by atoms with E-state index in [1.807, 2.05) is 52.0 Å². The van der Waals surface area contributed by atoms with E-state index in [1.165, 1.54) is 23.8 Å². The van der Waals surface area contributed by atoms with Crippen molar-refractivity contribution < 1.29 is 19.4 Å². The van der Waals surface area contributed by atoms with Gasteiger partial charge >= 0.3 is 11.9 Å². The number of carboxylic acid groups (broad SMARTS) is 1. The summed E-state index contributed by atoms with van der Waals surface area (Å²) in [5.41, 5.74) is 1.97. The number of aromatic nitrogens is 1. The summed E-state index contributed by atoms with van der Waals surface area (Å²) in [6.07, 6.45) is 8.87. The van der Waals surface area contributed by atoms with Crippen LogP contribution >= 0.6 is 11.3 Å². The molecule has 0 aliphatic carbocycles. The summed E-state index contributed by atoms with van der Waals surface area (Å²) in [5, 5.41) is 11.1. The van der Waals surface area contributed by atoms with Gasteiger partial charge in [0.15, 0.2) is 5.69 Å². The van der Waals surface area contributed by atoms with Crippen LogP contribution in [0.1, 0.15) is 70.4 Å². The Morgan fingerprint density at radius 3 is 2.23 bits per heavy atom. The Labute approximate surface area is 160 Å². The number of hydrogen-bond donors (Lipinski definition) is 1. The van der Waals surface area contributed by atoms with Crippen molar-refractivity contribution in [1.29, 1.82) is 0 Å². The Morgan fingerprint density at radius 1 is 1.27 bits per heavy atom. The van der Waals surface area contributed by atoms with Crippen molar-refractivity contribution in [2.24, 2.45) is 0 Å². The van der Waals surface area contributed by atoms with E-state index in [4.69, 9.17) is 9.84 Å². The van der Waals surface area contributed by atoms with E-state index in [0.717, 1.165) is 17.0 Å². The van der Waals surface area contributed by atoms with Crippen molar-refractivity contribution in [3.63, 3.8) is 0 Å². The van der Waals surface area contributed by atoms with Crippen LogP contribution in [0.2, 0.25) is 0 Å². The molecular weight excluding hydrogens is 350 g/mol.